The number of imide groups is 1. The van der Waals surface area contributed by atoms with E-state index in [0.717, 1.165) is 11.0 Å². The summed E-state index contributed by atoms with van der Waals surface area (Å²) in [6, 6.07) is 17.6. The van der Waals surface area contributed by atoms with E-state index < -0.39 is 51.8 Å². The lowest BCUT2D eigenvalue weighted by Crippen LogP contribution is -2.51. The van der Waals surface area contributed by atoms with Gasteiger partial charge in [-0.15, -0.1) is 0 Å². The largest absolute Gasteiger partial charge is 0.349 e. The number of hydrogen-bond acceptors (Lipinski definition) is 7. The Labute approximate surface area is 208 Å². The average Bonchev–Trinajstić information content (AvgIpc) is 3.44. The van der Waals surface area contributed by atoms with E-state index in [2.05, 4.69) is 0 Å². The van der Waals surface area contributed by atoms with Crippen molar-refractivity contribution in [3.8, 4) is 0 Å². The molecule has 2 saturated heterocycles. The van der Waals surface area contributed by atoms with E-state index in [1.54, 1.807) is 36.4 Å². The third-order valence-electron chi connectivity index (χ3n) is 7.02. The number of benzene rings is 3. The van der Waals surface area contributed by atoms with Crippen molar-refractivity contribution in [2.24, 2.45) is 11.8 Å². The number of ketones is 2. The van der Waals surface area contributed by atoms with Crippen molar-refractivity contribution in [3.05, 3.63) is 105 Å². The van der Waals surface area contributed by atoms with Gasteiger partial charge in [0.15, 0.2) is 0 Å². The van der Waals surface area contributed by atoms with Gasteiger partial charge in [-0.25, -0.2) is 4.90 Å². The van der Waals surface area contributed by atoms with Gasteiger partial charge in [-0.3, -0.25) is 29.3 Å². The number of rotatable bonds is 3. The first-order valence-electron chi connectivity index (χ1n) is 11.0. The van der Waals surface area contributed by atoms with Crippen LogP contribution in [-0.2, 0) is 14.3 Å². The fraction of sp³-hybridized carbons (Fsp3) is 0.154. The third-order valence-corrected chi connectivity index (χ3v) is 7.27. The topological polar surface area (TPSA) is 124 Å². The Bertz CT molecular complexity index is 1480. The van der Waals surface area contributed by atoms with Gasteiger partial charge in [-0.1, -0.05) is 54.1 Å². The van der Waals surface area contributed by atoms with Gasteiger partial charge in [0, 0.05) is 28.3 Å². The number of nitro benzene ring substituents is 1. The monoisotopic (exact) mass is 502 g/mol. The van der Waals surface area contributed by atoms with Crippen LogP contribution in [0.25, 0.3) is 0 Å². The maximum absolute atomic E-state index is 13.8. The zero-order chi connectivity index (χ0) is 25.4. The molecule has 3 atom stereocenters. The van der Waals surface area contributed by atoms with Crippen LogP contribution in [0.3, 0.4) is 0 Å². The van der Waals surface area contributed by atoms with Crippen molar-refractivity contribution >= 4 is 46.4 Å². The first kappa shape index (κ1) is 22.3. The van der Waals surface area contributed by atoms with Crippen molar-refractivity contribution in [2.45, 2.75) is 11.7 Å². The Morgan fingerprint density at radius 1 is 0.861 bits per heavy atom. The molecular weight excluding hydrogens is 488 g/mol. The number of carbonyl (C=O) groups is 4. The Balaban J connectivity index is 1.54. The molecule has 178 valence electrons. The minimum atomic E-state index is -2.22. The second-order valence-corrected chi connectivity index (χ2v) is 9.26. The number of non-ortho nitro benzene ring substituents is 1. The van der Waals surface area contributed by atoms with Crippen molar-refractivity contribution in [2.75, 3.05) is 4.90 Å². The number of nitro groups is 1. The van der Waals surface area contributed by atoms with E-state index in [4.69, 9.17) is 16.3 Å². The van der Waals surface area contributed by atoms with Crippen LogP contribution in [0.15, 0.2) is 72.8 Å². The van der Waals surface area contributed by atoms with Crippen LogP contribution >= 0.6 is 11.6 Å². The van der Waals surface area contributed by atoms with Gasteiger partial charge in [0.2, 0.25) is 29.0 Å². The van der Waals surface area contributed by atoms with Gasteiger partial charge in [-0.2, -0.15) is 0 Å². The highest BCUT2D eigenvalue weighted by Gasteiger charge is 2.74. The quantitative estimate of drug-likeness (QED) is 0.230. The van der Waals surface area contributed by atoms with E-state index in [1.165, 1.54) is 30.3 Å². The molecule has 3 aliphatic rings. The summed E-state index contributed by atoms with van der Waals surface area (Å²) in [5.41, 5.74) is -1.86. The van der Waals surface area contributed by atoms with Crippen LogP contribution in [0, 0.1) is 22.0 Å². The lowest BCUT2D eigenvalue weighted by atomic mass is 9.77. The number of nitrogens with zero attached hydrogens (tertiary/aromatic N) is 2. The van der Waals surface area contributed by atoms with E-state index in [1.807, 2.05) is 0 Å². The molecule has 9 nitrogen and oxygen atoms in total. The fourth-order valence-electron chi connectivity index (χ4n) is 5.47. The van der Waals surface area contributed by atoms with Gasteiger partial charge in [0.05, 0.1) is 28.6 Å². The number of Topliss-reactive ketones (excluding diaryl/α,β-unsaturated/α-hetero) is 2. The number of fused-ring (bicyclic) bond motifs is 3. The zero-order valence-electron chi connectivity index (χ0n) is 18.3. The Hall–Kier alpha value is -4.21. The summed E-state index contributed by atoms with van der Waals surface area (Å²) in [4.78, 5) is 66.5. The lowest BCUT2D eigenvalue weighted by Gasteiger charge is -2.27. The third kappa shape index (κ3) is 2.81. The number of hydrogen-bond donors (Lipinski definition) is 0. The first-order valence-corrected chi connectivity index (χ1v) is 11.4. The molecule has 2 heterocycles. The number of carbonyl (C=O) groups excluding carboxylic acids is 4. The Kier molecular flexibility index (Phi) is 4.73. The molecule has 0 saturated carbocycles. The van der Waals surface area contributed by atoms with Crippen LogP contribution in [-0.4, -0.2) is 33.9 Å². The standard InChI is InChI=1S/C26H15ClN2O7/c27-14-10-8-13(9-11-14)21-19-20(26(36-21)22(30)17-6-1-2-7-18(17)23(26)31)25(33)28(24(19)32)15-4-3-5-16(12-15)29(34)35/h1-12,19-21H/t19-,20+,21-/m0/s1. The molecule has 3 aromatic carbocycles. The van der Waals surface area contributed by atoms with Crippen LogP contribution in [0.1, 0.15) is 32.4 Å². The molecule has 0 aromatic heterocycles. The van der Waals surface area contributed by atoms with Gasteiger partial charge in [0.1, 0.15) is 0 Å². The molecule has 2 fully saturated rings. The number of ether oxygens (including phenoxy) is 1. The number of halogens is 1. The van der Waals surface area contributed by atoms with Crippen LogP contribution in [0.5, 0.6) is 0 Å². The molecule has 10 heteroatoms. The molecule has 0 radical (unpaired) electrons. The summed E-state index contributed by atoms with van der Waals surface area (Å²) in [7, 11) is 0. The fourth-order valence-corrected chi connectivity index (χ4v) is 5.60. The maximum Gasteiger partial charge on any atom is 0.271 e. The molecule has 2 aliphatic heterocycles. The van der Waals surface area contributed by atoms with Crippen LogP contribution in [0.2, 0.25) is 5.02 Å². The lowest BCUT2D eigenvalue weighted by molar-refractivity contribution is -0.384. The van der Waals surface area contributed by atoms with E-state index in [0.29, 0.717) is 10.6 Å². The number of anilines is 1. The summed E-state index contributed by atoms with van der Waals surface area (Å²) in [5, 5.41) is 11.7. The first-order chi connectivity index (χ1) is 17.3. The second kappa shape index (κ2) is 7.64. The SMILES string of the molecule is O=C1[C@@H]2[C@H](c3ccc(Cl)cc3)OC3(C(=O)c4ccccc4C3=O)[C@H]2C(=O)N1c1cccc([N+](=O)[O-])c1. The smallest absolute Gasteiger partial charge is 0.271 e. The van der Waals surface area contributed by atoms with Crippen molar-refractivity contribution in [3.63, 3.8) is 0 Å². The van der Waals surface area contributed by atoms with Gasteiger partial charge >= 0.3 is 0 Å². The molecule has 0 N–H and O–H groups in total. The summed E-state index contributed by atoms with van der Waals surface area (Å²) < 4.78 is 6.18. The molecule has 0 bridgehead atoms. The Morgan fingerprint density at radius 3 is 2.11 bits per heavy atom. The van der Waals surface area contributed by atoms with Gasteiger partial charge < -0.3 is 4.74 Å². The number of amides is 2. The molecule has 3 aromatic rings. The van der Waals surface area contributed by atoms with Gasteiger partial charge in [-0.05, 0) is 23.8 Å². The summed E-state index contributed by atoms with van der Waals surface area (Å²) in [6.45, 7) is 0. The highest BCUT2D eigenvalue weighted by molar-refractivity contribution is 6.37. The van der Waals surface area contributed by atoms with Crippen molar-refractivity contribution < 1.29 is 28.8 Å². The van der Waals surface area contributed by atoms with Crippen LogP contribution < -0.4 is 4.90 Å². The summed E-state index contributed by atoms with van der Waals surface area (Å²) >= 11 is 6.02. The average molecular weight is 503 g/mol. The molecule has 0 unspecified atom stereocenters. The van der Waals surface area contributed by atoms with Crippen molar-refractivity contribution in [1.82, 2.24) is 0 Å². The molecule has 1 spiro atoms. The predicted molar refractivity (Wildman–Crippen MR) is 126 cm³/mol. The molecule has 1 aliphatic carbocycles. The van der Waals surface area contributed by atoms with Gasteiger partial charge in [0.25, 0.3) is 5.69 Å². The highest BCUT2D eigenvalue weighted by atomic mass is 35.5. The summed E-state index contributed by atoms with van der Waals surface area (Å²) in [6.07, 6.45) is -1.10. The minimum Gasteiger partial charge on any atom is -0.349 e. The molecular formula is C26H15ClN2O7. The summed E-state index contributed by atoms with van der Waals surface area (Å²) in [5.74, 6) is -5.55. The van der Waals surface area contributed by atoms with E-state index in [9.17, 15) is 29.3 Å². The zero-order valence-corrected chi connectivity index (χ0v) is 19.0. The molecule has 6 rings (SSSR count). The maximum atomic E-state index is 13.8. The van der Waals surface area contributed by atoms with E-state index >= 15 is 0 Å². The molecule has 36 heavy (non-hydrogen) atoms. The van der Waals surface area contributed by atoms with E-state index in [-0.39, 0.29) is 22.5 Å². The molecule has 2 amide bonds. The second-order valence-electron chi connectivity index (χ2n) is 8.82. The van der Waals surface area contributed by atoms with Crippen LogP contribution in [0.4, 0.5) is 11.4 Å². The van der Waals surface area contributed by atoms with Crippen molar-refractivity contribution in [1.29, 1.82) is 0 Å². The normalized spacial score (nSPS) is 23.9. The predicted octanol–water partition coefficient (Wildman–Crippen LogP) is 3.94. The highest BCUT2D eigenvalue weighted by Crippen LogP contribution is 2.57. The minimum absolute atomic E-state index is 0.0194. The Morgan fingerprint density at radius 2 is 1.50 bits per heavy atom.